The fourth-order valence-corrected chi connectivity index (χ4v) is 3.72. The number of carbonyl (C=O) groups excluding carboxylic acids is 1. The number of nitrogen functional groups attached to an aromatic ring is 1. The maximum Gasteiger partial charge on any atom is 0.336 e. The summed E-state index contributed by atoms with van der Waals surface area (Å²) in [5, 5.41) is 21.6. The normalized spacial score (nSPS) is 10.7. The van der Waals surface area contributed by atoms with Crippen molar-refractivity contribution in [1.29, 1.82) is 5.41 Å². The lowest BCUT2D eigenvalue weighted by Gasteiger charge is -2.15. The lowest BCUT2D eigenvalue weighted by molar-refractivity contribution is 0.0697. The molecule has 0 spiro atoms. The zero-order valence-corrected chi connectivity index (χ0v) is 21.2. The number of nitrogens with two attached hydrogens (primary N) is 1. The van der Waals surface area contributed by atoms with Crippen LogP contribution in [0.4, 0.5) is 5.69 Å². The van der Waals surface area contributed by atoms with Crippen molar-refractivity contribution in [2.24, 2.45) is 5.73 Å². The quantitative estimate of drug-likeness (QED) is 0.138. The number of nitrogens with one attached hydrogen (secondary N) is 2. The van der Waals surface area contributed by atoms with Gasteiger partial charge in [0.05, 0.1) is 18.9 Å². The second-order valence-corrected chi connectivity index (χ2v) is 9.57. The monoisotopic (exact) mass is 535 g/mol. The third kappa shape index (κ3) is 6.93. The Kier molecular flexibility index (Phi) is 8.46. The van der Waals surface area contributed by atoms with E-state index in [2.05, 4.69) is 5.32 Å². The van der Waals surface area contributed by atoms with Crippen LogP contribution >= 0.6 is 0 Å². The van der Waals surface area contributed by atoms with E-state index in [4.69, 9.17) is 20.4 Å². The molecular weight excluding hydrogens is 510 g/mol. The van der Waals surface area contributed by atoms with E-state index in [1.807, 2.05) is 18.2 Å². The summed E-state index contributed by atoms with van der Waals surface area (Å²) in [6.45, 7) is 0. The molecule has 0 saturated carbocycles. The van der Waals surface area contributed by atoms with E-state index in [-0.39, 0.29) is 11.4 Å². The third-order valence-corrected chi connectivity index (χ3v) is 5.34. The Balaban J connectivity index is 0.000000732. The Morgan fingerprint density at radius 3 is 2.13 bits per heavy atom. The minimum atomic E-state index is -3.67. The molecule has 196 valence electrons. The molecule has 4 aromatic carbocycles. The van der Waals surface area contributed by atoms with Crippen LogP contribution in [0.25, 0.3) is 21.9 Å². The van der Waals surface area contributed by atoms with Crippen molar-refractivity contribution >= 4 is 44.3 Å². The van der Waals surface area contributed by atoms with Gasteiger partial charge in [0.25, 0.3) is 16.0 Å². The number of anilines is 1. The predicted molar refractivity (Wildman–Crippen MR) is 146 cm³/mol. The van der Waals surface area contributed by atoms with Crippen LogP contribution in [-0.2, 0) is 10.1 Å². The molecule has 0 aliphatic carbocycles. The molecular formula is C27H25N3O7S. The predicted octanol–water partition coefficient (Wildman–Crippen LogP) is 4.25. The number of carbonyl (C=O) groups is 2. The van der Waals surface area contributed by atoms with Crippen molar-refractivity contribution in [3.8, 4) is 16.9 Å². The van der Waals surface area contributed by atoms with E-state index in [0.29, 0.717) is 39.9 Å². The number of ether oxygens (including phenoxy) is 1. The first-order valence-electron chi connectivity index (χ1n) is 11.0. The molecule has 6 N–H and O–H groups in total. The first-order valence-corrected chi connectivity index (χ1v) is 12.9. The van der Waals surface area contributed by atoms with Crippen LogP contribution in [0.1, 0.15) is 26.3 Å². The van der Waals surface area contributed by atoms with Gasteiger partial charge in [-0.1, -0.05) is 30.3 Å². The van der Waals surface area contributed by atoms with Gasteiger partial charge in [0, 0.05) is 22.2 Å². The first kappa shape index (κ1) is 27.8. The van der Waals surface area contributed by atoms with Crippen LogP contribution in [-0.4, -0.2) is 49.2 Å². The fourth-order valence-electron chi connectivity index (χ4n) is 3.72. The molecule has 0 fully saturated rings. The molecule has 0 aliphatic rings. The summed E-state index contributed by atoms with van der Waals surface area (Å²) < 4.78 is 31.3. The van der Waals surface area contributed by atoms with Crippen LogP contribution in [0.5, 0.6) is 5.75 Å². The number of benzene rings is 4. The maximum absolute atomic E-state index is 13.3. The van der Waals surface area contributed by atoms with Crippen molar-refractivity contribution in [2.75, 3.05) is 18.7 Å². The molecule has 0 aromatic heterocycles. The smallest absolute Gasteiger partial charge is 0.336 e. The van der Waals surface area contributed by atoms with Crippen molar-refractivity contribution in [3.63, 3.8) is 0 Å². The van der Waals surface area contributed by atoms with E-state index in [0.717, 1.165) is 10.8 Å². The van der Waals surface area contributed by atoms with Gasteiger partial charge >= 0.3 is 5.97 Å². The first-order chi connectivity index (χ1) is 17.9. The number of amidine groups is 1. The second-order valence-electron chi connectivity index (χ2n) is 8.11. The number of hydrogen-bond acceptors (Lipinski definition) is 6. The van der Waals surface area contributed by atoms with E-state index in [9.17, 15) is 23.1 Å². The third-order valence-electron chi connectivity index (χ3n) is 5.34. The number of fused-ring (bicyclic) bond motifs is 1. The molecule has 10 nitrogen and oxygen atoms in total. The average molecular weight is 536 g/mol. The average Bonchev–Trinajstić information content (AvgIpc) is 2.86. The summed E-state index contributed by atoms with van der Waals surface area (Å²) in [6, 6.07) is 22.2. The van der Waals surface area contributed by atoms with Gasteiger partial charge in [0.2, 0.25) is 0 Å². The van der Waals surface area contributed by atoms with Crippen LogP contribution in [0.15, 0.2) is 78.9 Å². The molecule has 11 heteroatoms. The number of methoxy groups -OCH3 is 1. The second kappa shape index (κ2) is 11.5. The highest BCUT2D eigenvalue weighted by Crippen LogP contribution is 2.35. The number of carboxylic acids is 1. The van der Waals surface area contributed by atoms with E-state index in [1.165, 1.54) is 6.07 Å². The Hall–Kier alpha value is -4.74. The SMILES string of the molecule is COc1cccc2cc(C(=O)Nc3ccc(C(=N)N)cc3)c(-c3ccccc3C(=O)O)cc12.CS(=O)(=O)O. The molecule has 0 atom stereocenters. The van der Waals surface area contributed by atoms with E-state index in [1.54, 1.807) is 61.7 Å². The van der Waals surface area contributed by atoms with Crippen LogP contribution in [0, 0.1) is 5.41 Å². The Morgan fingerprint density at radius 1 is 0.921 bits per heavy atom. The zero-order chi connectivity index (χ0) is 28.0. The number of hydrogen-bond donors (Lipinski definition) is 5. The zero-order valence-electron chi connectivity index (χ0n) is 20.4. The van der Waals surface area contributed by atoms with Crippen LogP contribution in [0.2, 0.25) is 0 Å². The lowest BCUT2D eigenvalue weighted by Crippen LogP contribution is -2.15. The van der Waals surface area contributed by atoms with Gasteiger partial charge in [0.15, 0.2) is 0 Å². The molecule has 0 heterocycles. The number of rotatable bonds is 6. The summed E-state index contributed by atoms with van der Waals surface area (Å²) in [5.74, 6) is -0.931. The Labute approximate surface area is 218 Å². The molecule has 0 aliphatic heterocycles. The summed E-state index contributed by atoms with van der Waals surface area (Å²) in [4.78, 5) is 25.2. The highest BCUT2D eigenvalue weighted by atomic mass is 32.2. The van der Waals surface area contributed by atoms with Crippen LogP contribution < -0.4 is 15.8 Å². The van der Waals surface area contributed by atoms with Gasteiger partial charge < -0.3 is 20.9 Å². The standard InChI is InChI=1S/C26H21N3O4.CH4O3S/c1-33-23-8-4-5-16-13-22(25(30)29-17-11-9-15(10-12-17)24(27)28)21(14-20(16)23)18-6-2-3-7-19(18)26(31)32;1-5(2,3)4/h2-14H,1H3,(H3,27,28)(H,29,30)(H,31,32);1H3,(H,2,3,4). The number of amides is 1. The highest BCUT2D eigenvalue weighted by Gasteiger charge is 2.20. The van der Waals surface area contributed by atoms with E-state index >= 15 is 0 Å². The van der Waals surface area contributed by atoms with Crippen molar-refractivity contribution in [2.45, 2.75) is 0 Å². The molecule has 4 aromatic rings. The molecule has 0 bridgehead atoms. The van der Waals surface area contributed by atoms with Gasteiger partial charge in [-0.2, -0.15) is 8.42 Å². The lowest BCUT2D eigenvalue weighted by atomic mass is 9.91. The Morgan fingerprint density at radius 2 is 1.55 bits per heavy atom. The van der Waals surface area contributed by atoms with Crippen molar-refractivity contribution in [3.05, 3.63) is 95.6 Å². The molecule has 0 unspecified atom stereocenters. The summed E-state index contributed by atoms with van der Waals surface area (Å²) in [6.07, 6.45) is 0.715. The minimum Gasteiger partial charge on any atom is -0.496 e. The summed E-state index contributed by atoms with van der Waals surface area (Å²) in [7, 11) is -2.11. The van der Waals surface area contributed by atoms with Crippen molar-refractivity contribution in [1.82, 2.24) is 0 Å². The maximum atomic E-state index is 13.3. The van der Waals surface area contributed by atoms with E-state index < -0.39 is 22.0 Å². The molecule has 0 radical (unpaired) electrons. The summed E-state index contributed by atoms with van der Waals surface area (Å²) >= 11 is 0. The van der Waals surface area contributed by atoms with Crippen LogP contribution in [0.3, 0.4) is 0 Å². The molecule has 0 saturated heterocycles. The van der Waals surface area contributed by atoms with Gasteiger partial charge in [-0.05, 0) is 65.0 Å². The molecule has 1 amide bonds. The number of aromatic carboxylic acids is 1. The van der Waals surface area contributed by atoms with Crippen molar-refractivity contribution < 1.29 is 32.4 Å². The number of carboxylic acid groups (broad SMARTS) is 1. The topological polar surface area (TPSA) is 180 Å². The molecule has 38 heavy (non-hydrogen) atoms. The van der Waals surface area contributed by atoms with Gasteiger partial charge in [-0.15, -0.1) is 0 Å². The summed E-state index contributed by atoms with van der Waals surface area (Å²) in [5.41, 5.74) is 7.87. The fraction of sp³-hybridized carbons (Fsp3) is 0.0741. The van der Waals surface area contributed by atoms with Gasteiger partial charge in [-0.3, -0.25) is 14.8 Å². The highest BCUT2D eigenvalue weighted by molar-refractivity contribution is 7.85. The Bertz CT molecular complexity index is 1620. The van der Waals surface area contributed by atoms with Gasteiger partial charge in [-0.25, -0.2) is 4.79 Å². The largest absolute Gasteiger partial charge is 0.496 e. The minimum absolute atomic E-state index is 0.0658. The molecule has 4 rings (SSSR count). The van der Waals surface area contributed by atoms with Gasteiger partial charge in [0.1, 0.15) is 11.6 Å².